The van der Waals surface area contributed by atoms with Gasteiger partial charge in [0.1, 0.15) is 0 Å². The highest BCUT2D eigenvalue weighted by molar-refractivity contribution is 5.83. The Morgan fingerprint density at radius 1 is 1.38 bits per heavy atom. The molecule has 0 aliphatic carbocycles. The second-order valence-corrected chi connectivity index (χ2v) is 6.12. The molecule has 1 aliphatic rings. The van der Waals surface area contributed by atoms with E-state index in [0.717, 1.165) is 32.5 Å². The Morgan fingerprint density at radius 3 is 3.00 bits per heavy atom. The lowest BCUT2D eigenvalue weighted by Crippen LogP contribution is -2.35. The number of benzene rings is 1. The highest BCUT2D eigenvalue weighted by Crippen LogP contribution is 2.25. The molecule has 1 unspecified atom stereocenters. The van der Waals surface area contributed by atoms with Crippen molar-refractivity contribution in [3.8, 4) is 0 Å². The number of para-hydroxylation sites is 1. The Morgan fingerprint density at radius 2 is 2.19 bits per heavy atom. The lowest BCUT2D eigenvalue weighted by Gasteiger charge is -2.31. The minimum absolute atomic E-state index is 0.297. The van der Waals surface area contributed by atoms with Gasteiger partial charge in [-0.2, -0.15) is 0 Å². The van der Waals surface area contributed by atoms with E-state index in [9.17, 15) is 4.79 Å². The van der Waals surface area contributed by atoms with Crippen molar-refractivity contribution in [2.75, 3.05) is 13.1 Å². The van der Waals surface area contributed by atoms with Gasteiger partial charge in [0, 0.05) is 43.7 Å². The van der Waals surface area contributed by atoms with Crippen molar-refractivity contribution in [3.63, 3.8) is 0 Å². The molecule has 1 saturated heterocycles. The minimum atomic E-state index is -0.674. The first-order valence-corrected chi connectivity index (χ1v) is 7.60. The van der Waals surface area contributed by atoms with Crippen molar-refractivity contribution in [2.24, 2.45) is 13.0 Å². The van der Waals surface area contributed by atoms with E-state index in [4.69, 9.17) is 5.11 Å². The van der Waals surface area contributed by atoms with Crippen LogP contribution in [0.25, 0.3) is 10.9 Å². The first-order chi connectivity index (χ1) is 10.1. The molecule has 0 spiro atoms. The van der Waals surface area contributed by atoms with E-state index in [-0.39, 0.29) is 0 Å². The number of piperidine rings is 1. The Bertz CT molecular complexity index is 647. The van der Waals surface area contributed by atoms with Gasteiger partial charge in [-0.1, -0.05) is 18.2 Å². The van der Waals surface area contributed by atoms with Crippen LogP contribution in [-0.4, -0.2) is 33.6 Å². The van der Waals surface area contributed by atoms with Crippen molar-refractivity contribution >= 4 is 16.9 Å². The zero-order valence-corrected chi connectivity index (χ0v) is 12.5. The molecule has 1 aliphatic heterocycles. The normalized spacial score (nSPS) is 20.0. The van der Waals surface area contributed by atoms with Crippen molar-refractivity contribution in [1.29, 1.82) is 0 Å². The van der Waals surface area contributed by atoms with E-state index >= 15 is 0 Å². The molecule has 21 heavy (non-hydrogen) atoms. The summed E-state index contributed by atoms with van der Waals surface area (Å²) in [6, 6.07) is 8.46. The highest BCUT2D eigenvalue weighted by atomic mass is 16.4. The zero-order chi connectivity index (χ0) is 14.8. The second kappa shape index (κ2) is 5.90. The number of carbonyl (C=O) groups is 1. The van der Waals surface area contributed by atoms with Gasteiger partial charge in [0.15, 0.2) is 0 Å². The van der Waals surface area contributed by atoms with Crippen LogP contribution in [0, 0.1) is 5.92 Å². The van der Waals surface area contributed by atoms with Crippen LogP contribution in [0.15, 0.2) is 30.5 Å². The van der Waals surface area contributed by atoms with Crippen LogP contribution >= 0.6 is 0 Å². The van der Waals surface area contributed by atoms with E-state index in [1.54, 1.807) is 0 Å². The van der Waals surface area contributed by atoms with E-state index in [1.165, 1.54) is 16.5 Å². The fourth-order valence-electron chi connectivity index (χ4n) is 3.50. The molecule has 3 rings (SSSR count). The molecule has 4 heteroatoms. The second-order valence-electron chi connectivity index (χ2n) is 6.12. The lowest BCUT2D eigenvalue weighted by molar-refractivity contribution is -0.138. The van der Waals surface area contributed by atoms with Crippen molar-refractivity contribution in [3.05, 3.63) is 36.0 Å². The number of likely N-dealkylation sites (tertiary alicyclic amines) is 1. The average Bonchev–Trinajstić information content (AvgIpc) is 2.76. The Kier molecular flexibility index (Phi) is 3.97. The number of aliphatic carboxylic acids is 1. The van der Waals surface area contributed by atoms with E-state index in [0.29, 0.717) is 12.3 Å². The molecule has 1 aromatic carbocycles. The average molecular weight is 286 g/mol. The molecule has 1 atom stereocenters. The summed E-state index contributed by atoms with van der Waals surface area (Å²) < 4.78 is 2.17. The van der Waals surface area contributed by atoms with Crippen LogP contribution in [0.3, 0.4) is 0 Å². The Hall–Kier alpha value is -1.81. The largest absolute Gasteiger partial charge is 0.481 e. The quantitative estimate of drug-likeness (QED) is 0.940. The lowest BCUT2D eigenvalue weighted by atomic mass is 9.94. The molecule has 112 valence electrons. The van der Waals surface area contributed by atoms with Gasteiger partial charge in [-0.25, -0.2) is 0 Å². The SMILES string of the molecule is Cn1cc(CN2CCCC(CC(=O)O)C2)c2ccccc21. The number of hydrogen-bond acceptors (Lipinski definition) is 2. The summed E-state index contributed by atoms with van der Waals surface area (Å²) in [6.07, 6.45) is 4.64. The van der Waals surface area contributed by atoms with Gasteiger partial charge < -0.3 is 9.67 Å². The molecule has 2 heterocycles. The fraction of sp³-hybridized carbons (Fsp3) is 0.471. The van der Waals surface area contributed by atoms with Crippen molar-refractivity contribution < 1.29 is 9.90 Å². The summed E-state index contributed by atoms with van der Waals surface area (Å²) in [5.41, 5.74) is 2.59. The molecular formula is C17H22N2O2. The first-order valence-electron chi connectivity index (χ1n) is 7.60. The van der Waals surface area contributed by atoms with Gasteiger partial charge in [0.05, 0.1) is 0 Å². The van der Waals surface area contributed by atoms with Gasteiger partial charge >= 0.3 is 5.97 Å². The smallest absolute Gasteiger partial charge is 0.303 e. The molecular weight excluding hydrogens is 264 g/mol. The zero-order valence-electron chi connectivity index (χ0n) is 12.5. The number of rotatable bonds is 4. The number of hydrogen-bond donors (Lipinski definition) is 1. The summed E-state index contributed by atoms with van der Waals surface area (Å²) in [7, 11) is 2.08. The van der Waals surface area contributed by atoms with Gasteiger partial charge in [0.25, 0.3) is 0 Å². The standard InChI is InChI=1S/C17H22N2O2/c1-18-11-14(15-6-2-3-7-16(15)18)12-19-8-4-5-13(10-19)9-17(20)21/h2-3,6-7,11,13H,4-5,8-10,12H2,1H3,(H,20,21). The predicted molar refractivity (Wildman–Crippen MR) is 83.2 cm³/mol. The monoisotopic (exact) mass is 286 g/mol. The van der Waals surface area contributed by atoms with E-state index in [1.807, 2.05) is 0 Å². The fourth-order valence-corrected chi connectivity index (χ4v) is 3.50. The molecule has 1 N–H and O–H groups in total. The third-order valence-corrected chi connectivity index (χ3v) is 4.44. The van der Waals surface area contributed by atoms with Crippen molar-refractivity contribution in [2.45, 2.75) is 25.8 Å². The Balaban J connectivity index is 1.74. The number of nitrogens with zero attached hydrogens (tertiary/aromatic N) is 2. The van der Waals surface area contributed by atoms with Crippen LogP contribution in [-0.2, 0) is 18.4 Å². The number of fused-ring (bicyclic) bond motifs is 1. The van der Waals surface area contributed by atoms with E-state index in [2.05, 4.69) is 47.0 Å². The van der Waals surface area contributed by atoms with Gasteiger partial charge in [-0.15, -0.1) is 0 Å². The molecule has 0 radical (unpaired) electrons. The molecule has 0 amide bonds. The maximum atomic E-state index is 10.9. The van der Waals surface area contributed by atoms with Crippen LogP contribution in [0.4, 0.5) is 0 Å². The van der Waals surface area contributed by atoms with Crippen LogP contribution in [0.5, 0.6) is 0 Å². The van der Waals surface area contributed by atoms with E-state index < -0.39 is 5.97 Å². The molecule has 0 saturated carbocycles. The molecule has 1 aromatic heterocycles. The summed E-state index contributed by atoms with van der Waals surface area (Å²) >= 11 is 0. The first kappa shape index (κ1) is 14.1. The number of carboxylic acid groups (broad SMARTS) is 1. The van der Waals surface area contributed by atoms with Crippen molar-refractivity contribution in [1.82, 2.24) is 9.47 Å². The Labute approximate surface area is 125 Å². The maximum Gasteiger partial charge on any atom is 0.303 e. The molecule has 1 fully saturated rings. The predicted octanol–water partition coefficient (Wildman–Crippen LogP) is 2.87. The van der Waals surface area contributed by atoms with Gasteiger partial charge in [-0.3, -0.25) is 9.69 Å². The van der Waals surface area contributed by atoms with Crippen LogP contribution in [0.1, 0.15) is 24.8 Å². The van der Waals surface area contributed by atoms with Gasteiger partial charge in [-0.05, 0) is 36.9 Å². The number of aryl methyl sites for hydroxylation is 1. The topological polar surface area (TPSA) is 45.5 Å². The summed E-state index contributed by atoms with van der Waals surface area (Å²) in [6.45, 7) is 2.88. The van der Waals surface area contributed by atoms with Crippen LogP contribution in [0.2, 0.25) is 0 Å². The molecule has 0 bridgehead atoms. The molecule has 4 nitrogen and oxygen atoms in total. The van der Waals surface area contributed by atoms with Crippen LogP contribution < -0.4 is 0 Å². The summed E-state index contributed by atoms with van der Waals surface area (Å²) in [5, 5.41) is 10.3. The molecule has 2 aromatic rings. The third-order valence-electron chi connectivity index (χ3n) is 4.44. The van der Waals surface area contributed by atoms with Gasteiger partial charge in [0.2, 0.25) is 0 Å². The number of carboxylic acids is 1. The summed E-state index contributed by atoms with van der Waals surface area (Å²) in [4.78, 5) is 13.3. The third kappa shape index (κ3) is 3.10. The number of aromatic nitrogens is 1. The maximum absolute atomic E-state index is 10.9. The minimum Gasteiger partial charge on any atom is -0.481 e. The summed E-state index contributed by atoms with van der Waals surface area (Å²) in [5.74, 6) is -0.377. The highest BCUT2D eigenvalue weighted by Gasteiger charge is 2.22.